The summed E-state index contributed by atoms with van der Waals surface area (Å²) in [5, 5.41) is 3.86. The van der Waals surface area contributed by atoms with Gasteiger partial charge in [0.25, 0.3) is 0 Å². The van der Waals surface area contributed by atoms with Crippen molar-refractivity contribution in [1.29, 1.82) is 0 Å². The van der Waals surface area contributed by atoms with Gasteiger partial charge in [-0.15, -0.1) is 0 Å². The van der Waals surface area contributed by atoms with E-state index in [-0.39, 0.29) is 0 Å². The van der Waals surface area contributed by atoms with Gasteiger partial charge in [-0.3, -0.25) is 4.79 Å². The Labute approximate surface area is 93.9 Å². The second-order valence-electron chi connectivity index (χ2n) is 3.23. The number of rotatable bonds is 5. The zero-order chi connectivity index (χ0) is 11.3. The van der Waals surface area contributed by atoms with Crippen molar-refractivity contribution in [2.24, 2.45) is 0 Å². The van der Waals surface area contributed by atoms with Gasteiger partial charge >= 0.3 is 0 Å². The quantitative estimate of drug-likeness (QED) is 0.473. The number of nitrogens with one attached hydrogen (secondary N) is 1. The largest absolute Gasteiger partial charge is 0.367 e. The van der Waals surface area contributed by atoms with E-state index in [1.165, 1.54) is 11.8 Å². The second-order valence-corrected chi connectivity index (χ2v) is 4.01. The Kier molecular flexibility index (Phi) is 4.55. The predicted molar refractivity (Wildman–Crippen MR) is 62.6 cm³/mol. The molecule has 82 valence electrons. The van der Waals surface area contributed by atoms with Gasteiger partial charge in [-0.2, -0.15) is 0 Å². The van der Waals surface area contributed by atoms with Crippen LogP contribution in [0.25, 0.3) is 0 Å². The van der Waals surface area contributed by atoms with Crippen molar-refractivity contribution in [2.45, 2.75) is 31.5 Å². The molecule has 0 saturated heterocycles. The number of hydrogen-bond acceptors (Lipinski definition) is 5. The summed E-state index contributed by atoms with van der Waals surface area (Å²) in [6, 6.07) is 0.299. The highest BCUT2D eigenvalue weighted by molar-refractivity contribution is 7.98. The Morgan fingerprint density at radius 3 is 2.93 bits per heavy atom. The molecule has 15 heavy (non-hydrogen) atoms. The van der Waals surface area contributed by atoms with Gasteiger partial charge < -0.3 is 5.32 Å². The van der Waals surface area contributed by atoms with E-state index >= 15 is 0 Å². The van der Waals surface area contributed by atoms with Crippen LogP contribution in [0.5, 0.6) is 0 Å². The molecule has 1 N–H and O–H groups in total. The van der Waals surface area contributed by atoms with E-state index < -0.39 is 0 Å². The molecule has 0 amide bonds. The molecule has 1 atom stereocenters. The Morgan fingerprint density at radius 2 is 2.40 bits per heavy atom. The van der Waals surface area contributed by atoms with Crippen LogP contribution in [0.3, 0.4) is 0 Å². The van der Waals surface area contributed by atoms with E-state index in [2.05, 4.69) is 29.1 Å². The van der Waals surface area contributed by atoms with Gasteiger partial charge in [0, 0.05) is 12.2 Å². The van der Waals surface area contributed by atoms with Gasteiger partial charge in [-0.1, -0.05) is 18.7 Å². The fourth-order valence-corrected chi connectivity index (χ4v) is 1.35. The molecule has 0 spiro atoms. The molecule has 1 aromatic heterocycles. The molecule has 0 aliphatic carbocycles. The summed E-state index contributed by atoms with van der Waals surface area (Å²) in [7, 11) is 0. The summed E-state index contributed by atoms with van der Waals surface area (Å²) >= 11 is 1.46. The molecule has 0 aromatic carbocycles. The number of thioether (sulfide) groups is 1. The zero-order valence-corrected chi connectivity index (χ0v) is 9.97. The highest BCUT2D eigenvalue weighted by atomic mass is 32.2. The summed E-state index contributed by atoms with van der Waals surface area (Å²) in [5.41, 5.74) is 0.508. The lowest BCUT2D eigenvalue weighted by Crippen LogP contribution is -2.16. The van der Waals surface area contributed by atoms with Crippen LogP contribution in [0.15, 0.2) is 11.4 Å². The number of carbonyl (C=O) groups excluding carboxylic acids is 1. The first-order valence-corrected chi connectivity index (χ1v) is 6.06. The molecule has 0 aliphatic rings. The number of aldehydes is 1. The molecule has 1 rings (SSSR count). The Hall–Kier alpha value is -1.10. The molecule has 0 aliphatic heterocycles. The Bertz CT molecular complexity index is 343. The average Bonchev–Trinajstić information content (AvgIpc) is 2.28. The summed E-state index contributed by atoms with van der Waals surface area (Å²) in [6.45, 7) is 4.13. The normalized spacial score (nSPS) is 12.2. The summed E-state index contributed by atoms with van der Waals surface area (Å²) in [6.07, 6.45) is 5.21. The van der Waals surface area contributed by atoms with Gasteiger partial charge in [0.05, 0.1) is 5.56 Å². The minimum atomic E-state index is 0.299. The van der Waals surface area contributed by atoms with Crippen LogP contribution in [0.1, 0.15) is 30.6 Å². The molecular weight excluding hydrogens is 210 g/mol. The van der Waals surface area contributed by atoms with Crippen LogP contribution in [0.4, 0.5) is 5.82 Å². The molecule has 1 heterocycles. The SMILES string of the molecule is CCC(C)Nc1nc(SC)ncc1C=O. The van der Waals surface area contributed by atoms with Crippen molar-refractivity contribution in [3.63, 3.8) is 0 Å². The third-order valence-corrected chi connectivity index (χ3v) is 2.66. The first-order valence-electron chi connectivity index (χ1n) is 4.84. The number of carbonyl (C=O) groups is 1. The average molecular weight is 225 g/mol. The number of hydrogen-bond donors (Lipinski definition) is 1. The highest BCUT2D eigenvalue weighted by Crippen LogP contribution is 2.16. The maximum absolute atomic E-state index is 10.8. The van der Waals surface area contributed by atoms with Crippen LogP contribution >= 0.6 is 11.8 Å². The summed E-state index contributed by atoms with van der Waals surface area (Å²) < 4.78 is 0. The minimum absolute atomic E-state index is 0.299. The van der Waals surface area contributed by atoms with E-state index in [4.69, 9.17) is 0 Å². The fraction of sp³-hybridized carbons (Fsp3) is 0.500. The number of anilines is 1. The maximum Gasteiger partial charge on any atom is 0.189 e. The minimum Gasteiger partial charge on any atom is -0.367 e. The van der Waals surface area contributed by atoms with E-state index in [0.29, 0.717) is 22.6 Å². The molecule has 0 saturated carbocycles. The lowest BCUT2D eigenvalue weighted by Gasteiger charge is -2.13. The van der Waals surface area contributed by atoms with Crippen LogP contribution in [-0.2, 0) is 0 Å². The van der Waals surface area contributed by atoms with Gasteiger partial charge in [0.1, 0.15) is 5.82 Å². The summed E-state index contributed by atoms with van der Waals surface area (Å²) in [4.78, 5) is 19.1. The van der Waals surface area contributed by atoms with Gasteiger partial charge in [0.15, 0.2) is 11.4 Å². The third-order valence-electron chi connectivity index (χ3n) is 2.10. The number of nitrogens with zero attached hydrogens (tertiary/aromatic N) is 2. The Balaban J connectivity index is 2.95. The molecule has 4 nitrogen and oxygen atoms in total. The van der Waals surface area contributed by atoms with Crippen molar-refractivity contribution in [3.8, 4) is 0 Å². The zero-order valence-electron chi connectivity index (χ0n) is 9.15. The lowest BCUT2D eigenvalue weighted by molar-refractivity contribution is 0.112. The van der Waals surface area contributed by atoms with Gasteiger partial charge in [-0.05, 0) is 19.6 Å². The predicted octanol–water partition coefficient (Wildman–Crippen LogP) is 2.22. The van der Waals surface area contributed by atoms with Crippen LogP contribution < -0.4 is 5.32 Å². The second kappa shape index (κ2) is 5.70. The first kappa shape index (κ1) is 12.0. The highest BCUT2D eigenvalue weighted by Gasteiger charge is 2.08. The molecule has 0 bridgehead atoms. The molecular formula is C10H15N3OS. The fourth-order valence-electron chi connectivity index (χ4n) is 1.01. The van der Waals surface area contributed by atoms with E-state index in [0.717, 1.165) is 12.7 Å². The van der Waals surface area contributed by atoms with Crippen molar-refractivity contribution in [2.75, 3.05) is 11.6 Å². The summed E-state index contributed by atoms with van der Waals surface area (Å²) in [5.74, 6) is 0.624. The lowest BCUT2D eigenvalue weighted by atomic mass is 10.2. The standard InChI is InChI=1S/C10H15N3OS/c1-4-7(2)12-9-8(6-14)5-11-10(13-9)15-3/h5-7H,4H2,1-3H3,(H,11,12,13). The maximum atomic E-state index is 10.8. The third kappa shape index (κ3) is 3.20. The van der Waals surface area contributed by atoms with Crippen LogP contribution in [0.2, 0.25) is 0 Å². The molecule has 0 radical (unpaired) electrons. The number of aromatic nitrogens is 2. The monoisotopic (exact) mass is 225 g/mol. The molecule has 1 aromatic rings. The van der Waals surface area contributed by atoms with Gasteiger partial charge in [-0.25, -0.2) is 9.97 Å². The van der Waals surface area contributed by atoms with Crippen LogP contribution in [-0.4, -0.2) is 28.6 Å². The van der Waals surface area contributed by atoms with Crippen molar-refractivity contribution in [1.82, 2.24) is 9.97 Å². The molecule has 5 heteroatoms. The van der Waals surface area contributed by atoms with Crippen molar-refractivity contribution in [3.05, 3.63) is 11.8 Å². The van der Waals surface area contributed by atoms with E-state index in [9.17, 15) is 4.79 Å². The van der Waals surface area contributed by atoms with Crippen LogP contribution in [0, 0.1) is 0 Å². The Morgan fingerprint density at radius 1 is 1.67 bits per heavy atom. The topological polar surface area (TPSA) is 54.9 Å². The van der Waals surface area contributed by atoms with Gasteiger partial charge in [0.2, 0.25) is 0 Å². The smallest absolute Gasteiger partial charge is 0.189 e. The van der Waals surface area contributed by atoms with Crippen molar-refractivity contribution >= 4 is 23.9 Å². The van der Waals surface area contributed by atoms with Crippen molar-refractivity contribution < 1.29 is 4.79 Å². The first-order chi connectivity index (χ1) is 7.21. The molecule has 0 fully saturated rings. The van der Waals surface area contributed by atoms with E-state index in [1.807, 2.05) is 6.26 Å². The molecule has 1 unspecified atom stereocenters. The van der Waals surface area contributed by atoms with E-state index in [1.54, 1.807) is 6.20 Å².